The van der Waals surface area contributed by atoms with Crippen LogP contribution in [0.2, 0.25) is 0 Å². The average molecular weight is 415 g/mol. The van der Waals surface area contributed by atoms with Gasteiger partial charge in [0, 0.05) is 29.6 Å². The first-order valence-electron chi connectivity index (χ1n) is 10.3. The van der Waals surface area contributed by atoms with Crippen molar-refractivity contribution in [3.8, 4) is 11.3 Å². The first kappa shape index (κ1) is 19.5. The number of nitrogens with one attached hydrogen (secondary N) is 1. The minimum Gasteiger partial charge on any atom is -0.385 e. The van der Waals surface area contributed by atoms with E-state index in [1.165, 1.54) is 12.1 Å². The summed E-state index contributed by atoms with van der Waals surface area (Å²) >= 11 is 0. The molecule has 2 heterocycles. The van der Waals surface area contributed by atoms with Crippen molar-refractivity contribution in [2.24, 2.45) is 0 Å². The molecule has 1 fully saturated rings. The second kappa shape index (κ2) is 7.63. The summed E-state index contributed by atoms with van der Waals surface area (Å²) in [7, 11) is 0. The highest BCUT2D eigenvalue weighted by molar-refractivity contribution is 6.01. The fourth-order valence-corrected chi connectivity index (χ4v) is 4.30. The van der Waals surface area contributed by atoms with E-state index in [4.69, 9.17) is 0 Å². The Morgan fingerprint density at radius 1 is 1.00 bits per heavy atom. The zero-order chi connectivity index (χ0) is 21.4. The van der Waals surface area contributed by atoms with Crippen molar-refractivity contribution >= 4 is 16.8 Å². The molecule has 1 amide bonds. The van der Waals surface area contributed by atoms with Gasteiger partial charge < -0.3 is 10.0 Å². The molecule has 0 bridgehead atoms. The minimum absolute atomic E-state index is 0.0802. The van der Waals surface area contributed by atoms with Crippen molar-refractivity contribution in [1.82, 2.24) is 15.1 Å². The van der Waals surface area contributed by atoms with Crippen molar-refractivity contribution in [2.75, 3.05) is 13.1 Å². The molecule has 1 aromatic heterocycles. The molecule has 0 atom stereocenters. The van der Waals surface area contributed by atoms with Crippen molar-refractivity contribution in [3.05, 3.63) is 89.7 Å². The smallest absolute Gasteiger partial charge is 0.253 e. The molecule has 3 aromatic carbocycles. The Morgan fingerprint density at radius 2 is 1.77 bits per heavy atom. The number of likely N-dealkylation sites (tertiary alicyclic amines) is 1. The Labute approximate surface area is 179 Å². The molecule has 156 valence electrons. The number of hydrogen-bond acceptors (Lipinski definition) is 3. The Bertz CT molecular complexity index is 1240. The average Bonchev–Trinajstić information content (AvgIpc) is 3.23. The molecule has 6 heteroatoms. The molecule has 0 aliphatic carbocycles. The van der Waals surface area contributed by atoms with Gasteiger partial charge in [-0.3, -0.25) is 9.89 Å². The number of benzene rings is 3. The lowest BCUT2D eigenvalue weighted by atomic mass is 9.84. The van der Waals surface area contributed by atoms with Crippen LogP contribution < -0.4 is 0 Å². The highest BCUT2D eigenvalue weighted by atomic mass is 19.1. The molecule has 0 saturated carbocycles. The number of amides is 1. The number of aromatic amines is 1. The van der Waals surface area contributed by atoms with Crippen LogP contribution in [0.4, 0.5) is 4.39 Å². The molecule has 1 aliphatic heterocycles. The second-order valence-electron chi connectivity index (χ2n) is 8.03. The maximum absolute atomic E-state index is 13.7. The summed E-state index contributed by atoms with van der Waals surface area (Å²) in [6.45, 7) is 0.953. The van der Waals surface area contributed by atoms with E-state index in [-0.39, 0.29) is 11.7 Å². The van der Waals surface area contributed by atoms with Gasteiger partial charge in [-0.1, -0.05) is 42.5 Å². The lowest BCUT2D eigenvalue weighted by Crippen LogP contribution is -2.45. The van der Waals surface area contributed by atoms with Crippen LogP contribution in [-0.2, 0) is 5.60 Å². The van der Waals surface area contributed by atoms with Crippen LogP contribution in [0.15, 0.2) is 72.8 Å². The zero-order valence-corrected chi connectivity index (χ0v) is 16.9. The molecule has 31 heavy (non-hydrogen) atoms. The molecular weight excluding hydrogens is 393 g/mol. The van der Waals surface area contributed by atoms with E-state index in [9.17, 15) is 14.3 Å². The molecule has 5 rings (SSSR count). The van der Waals surface area contributed by atoms with Crippen LogP contribution in [0, 0.1) is 5.82 Å². The van der Waals surface area contributed by atoms with E-state index in [0.29, 0.717) is 42.8 Å². The van der Waals surface area contributed by atoms with Gasteiger partial charge in [-0.25, -0.2) is 4.39 Å². The number of rotatable bonds is 3. The largest absolute Gasteiger partial charge is 0.385 e. The topological polar surface area (TPSA) is 69.2 Å². The zero-order valence-electron chi connectivity index (χ0n) is 16.9. The number of hydrogen-bond donors (Lipinski definition) is 2. The monoisotopic (exact) mass is 415 g/mol. The van der Waals surface area contributed by atoms with E-state index < -0.39 is 5.60 Å². The van der Waals surface area contributed by atoms with Gasteiger partial charge in [0.25, 0.3) is 5.91 Å². The lowest BCUT2D eigenvalue weighted by Gasteiger charge is -2.38. The summed E-state index contributed by atoms with van der Waals surface area (Å²) in [6, 6.07) is 21.3. The van der Waals surface area contributed by atoms with Crippen molar-refractivity contribution < 1.29 is 14.3 Å². The minimum atomic E-state index is -0.906. The maximum atomic E-state index is 13.7. The van der Waals surface area contributed by atoms with Crippen LogP contribution in [-0.4, -0.2) is 39.2 Å². The summed E-state index contributed by atoms with van der Waals surface area (Å²) in [5.74, 6) is -0.413. The van der Waals surface area contributed by atoms with Crippen LogP contribution in [0.1, 0.15) is 28.8 Å². The lowest BCUT2D eigenvalue weighted by molar-refractivity contribution is -0.0211. The quantitative estimate of drug-likeness (QED) is 0.518. The standard InChI is InChI=1S/C25H22FN3O2/c26-20-8-4-5-17(15-20)23-21-16-18(9-10-22(21)27-28-23)24(30)29-13-11-25(31,12-14-29)19-6-2-1-3-7-19/h1-10,15-16,31H,11-14H2,(H,27,28). The second-order valence-corrected chi connectivity index (χ2v) is 8.03. The third-order valence-corrected chi connectivity index (χ3v) is 6.10. The Kier molecular flexibility index (Phi) is 4.79. The summed E-state index contributed by atoms with van der Waals surface area (Å²) in [5, 5.41) is 19.1. The molecule has 5 nitrogen and oxygen atoms in total. The van der Waals surface area contributed by atoms with Crippen molar-refractivity contribution in [1.29, 1.82) is 0 Å². The summed E-state index contributed by atoms with van der Waals surface area (Å²) in [5.41, 5.74) is 2.59. The third kappa shape index (κ3) is 3.59. The van der Waals surface area contributed by atoms with Gasteiger partial charge in [-0.05, 0) is 48.7 Å². The number of fused-ring (bicyclic) bond motifs is 1. The van der Waals surface area contributed by atoms with Crippen LogP contribution in [0.3, 0.4) is 0 Å². The van der Waals surface area contributed by atoms with Crippen LogP contribution >= 0.6 is 0 Å². The molecule has 0 radical (unpaired) electrons. The summed E-state index contributed by atoms with van der Waals surface area (Å²) in [4.78, 5) is 14.9. The highest BCUT2D eigenvalue weighted by Gasteiger charge is 2.35. The van der Waals surface area contributed by atoms with E-state index in [1.54, 1.807) is 29.2 Å². The SMILES string of the molecule is O=C(c1ccc2[nH]nc(-c3cccc(F)c3)c2c1)N1CCC(O)(c2ccccc2)CC1. The van der Waals surface area contributed by atoms with Gasteiger partial charge >= 0.3 is 0 Å². The van der Waals surface area contributed by atoms with Crippen LogP contribution in [0.25, 0.3) is 22.2 Å². The van der Waals surface area contributed by atoms with Crippen LogP contribution in [0.5, 0.6) is 0 Å². The normalized spacial score (nSPS) is 15.9. The first-order chi connectivity index (χ1) is 15.0. The summed E-state index contributed by atoms with van der Waals surface area (Å²) in [6.07, 6.45) is 0.983. The maximum Gasteiger partial charge on any atom is 0.253 e. The fraction of sp³-hybridized carbons (Fsp3) is 0.200. The van der Waals surface area contributed by atoms with E-state index in [1.807, 2.05) is 36.4 Å². The molecule has 1 aliphatic rings. The number of carbonyl (C=O) groups is 1. The Balaban J connectivity index is 1.39. The number of aliphatic hydroxyl groups is 1. The number of carbonyl (C=O) groups excluding carboxylic acids is 1. The van der Waals surface area contributed by atoms with E-state index in [0.717, 1.165) is 16.5 Å². The van der Waals surface area contributed by atoms with Gasteiger partial charge in [-0.2, -0.15) is 5.10 Å². The van der Waals surface area contributed by atoms with E-state index >= 15 is 0 Å². The fourth-order valence-electron chi connectivity index (χ4n) is 4.30. The predicted molar refractivity (Wildman–Crippen MR) is 117 cm³/mol. The third-order valence-electron chi connectivity index (χ3n) is 6.10. The van der Waals surface area contributed by atoms with Crippen molar-refractivity contribution in [3.63, 3.8) is 0 Å². The molecule has 2 N–H and O–H groups in total. The number of nitrogens with zero attached hydrogens (tertiary/aromatic N) is 2. The number of halogens is 1. The van der Waals surface area contributed by atoms with Gasteiger partial charge in [0.1, 0.15) is 11.5 Å². The van der Waals surface area contributed by atoms with Gasteiger partial charge in [0.2, 0.25) is 0 Å². The van der Waals surface area contributed by atoms with Gasteiger partial charge in [0.15, 0.2) is 0 Å². The number of aromatic nitrogens is 2. The van der Waals surface area contributed by atoms with E-state index in [2.05, 4.69) is 10.2 Å². The van der Waals surface area contributed by atoms with Crippen molar-refractivity contribution in [2.45, 2.75) is 18.4 Å². The molecule has 1 saturated heterocycles. The van der Waals surface area contributed by atoms with Gasteiger partial charge in [-0.15, -0.1) is 0 Å². The Hall–Kier alpha value is -3.51. The molecular formula is C25H22FN3O2. The Morgan fingerprint density at radius 3 is 2.52 bits per heavy atom. The molecule has 4 aromatic rings. The van der Waals surface area contributed by atoms with Gasteiger partial charge in [0.05, 0.1) is 11.1 Å². The summed E-state index contributed by atoms with van der Waals surface area (Å²) < 4.78 is 13.7. The molecule has 0 unspecified atom stereocenters. The first-order valence-corrected chi connectivity index (χ1v) is 10.3. The molecule has 0 spiro atoms. The number of piperidine rings is 1. The predicted octanol–water partition coefficient (Wildman–Crippen LogP) is 4.49. The highest BCUT2D eigenvalue weighted by Crippen LogP contribution is 2.33. The number of H-pyrrole nitrogens is 1.